The standard InChI is InChI=1S/C29H23BrFN3O4/c30-18-13-14-22-20(15-18)27(17-7-2-1-3-8-17)28(29(38)32-22)23-16-24(19-9-4-5-10-21(19)31)34(33-23)25(35)11-6-12-26(36)37/h1-5,7-10,13-15,24H,6,11-12,16H2,(H,32,38)(H,36,37). The molecule has 0 bridgehead atoms. The van der Waals surface area contributed by atoms with Crippen molar-refractivity contribution in [2.75, 3.05) is 0 Å². The number of amides is 1. The largest absolute Gasteiger partial charge is 0.481 e. The molecule has 1 aromatic heterocycles. The van der Waals surface area contributed by atoms with E-state index in [1.807, 2.05) is 48.5 Å². The van der Waals surface area contributed by atoms with Crippen LogP contribution in [0.1, 0.15) is 42.9 Å². The van der Waals surface area contributed by atoms with Gasteiger partial charge in [0.2, 0.25) is 5.91 Å². The van der Waals surface area contributed by atoms with Crippen LogP contribution in [0.2, 0.25) is 0 Å². The van der Waals surface area contributed by atoms with Crippen molar-refractivity contribution in [1.82, 2.24) is 9.99 Å². The molecular formula is C29H23BrFN3O4. The van der Waals surface area contributed by atoms with E-state index >= 15 is 0 Å². The molecule has 0 spiro atoms. The van der Waals surface area contributed by atoms with Crippen LogP contribution in [-0.4, -0.2) is 32.7 Å². The molecule has 3 aromatic carbocycles. The average Bonchev–Trinajstić information content (AvgIpc) is 3.33. The number of nitrogens with zero attached hydrogens (tertiary/aromatic N) is 2. The van der Waals surface area contributed by atoms with Gasteiger partial charge in [-0.3, -0.25) is 14.4 Å². The zero-order valence-electron chi connectivity index (χ0n) is 20.2. The Bertz CT molecular complexity index is 1630. The molecule has 2 heterocycles. The van der Waals surface area contributed by atoms with Crippen molar-refractivity contribution in [2.45, 2.75) is 31.7 Å². The van der Waals surface area contributed by atoms with Crippen molar-refractivity contribution in [3.8, 4) is 11.1 Å². The number of hydrogen-bond acceptors (Lipinski definition) is 4. The van der Waals surface area contributed by atoms with E-state index in [4.69, 9.17) is 5.11 Å². The number of aromatic amines is 1. The van der Waals surface area contributed by atoms with Crippen molar-refractivity contribution < 1.29 is 19.1 Å². The van der Waals surface area contributed by atoms with Gasteiger partial charge in [0, 0.05) is 45.8 Å². The van der Waals surface area contributed by atoms with Gasteiger partial charge in [-0.2, -0.15) is 5.10 Å². The molecule has 5 rings (SSSR count). The summed E-state index contributed by atoms with van der Waals surface area (Å²) in [5.41, 5.74) is 2.68. The Balaban J connectivity index is 1.68. The Hall–Kier alpha value is -4.11. The molecule has 0 saturated heterocycles. The molecule has 0 radical (unpaired) electrons. The van der Waals surface area contributed by atoms with E-state index in [1.54, 1.807) is 18.2 Å². The van der Waals surface area contributed by atoms with Crippen LogP contribution in [0.4, 0.5) is 4.39 Å². The number of rotatable bonds is 7. The highest BCUT2D eigenvalue weighted by atomic mass is 79.9. The number of carboxylic acid groups (broad SMARTS) is 1. The molecular weight excluding hydrogens is 553 g/mol. The number of hydrazone groups is 1. The third-order valence-corrected chi connectivity index (χ3v) is 7.03. The molecule has 1 amide bonds. The maximum absolute atomic E-state index is 14.9. The minimum atomic E-state index is -1.00. The van der Waals surface area contributed by atoms with Gasteiger partial charge in [-0.15, -0.1) is 0 Å². The smallest absolute Gasteiger partial charge is 0.303 e. The van der Waals surface area contributed by atoms with Crippen LogP contribution in [0.25, 0.3) is 22.0 Å². The summed E-state index contributed by atoms with van der Waals surface area (Å²) in [6.07, 6.45) is 0.00583. The average molecular weight is 576 g/mol. The summed E-state index contributed by atoms with van der Waals surface area (Å²) in [6.45, 7) is 0. The maximum Gasteiger partial charge on any atom is 0.303 e. The summed E-state index contributed by atoms with van der Waals surface area (Å²) in [4.78, 5) is 40.6. The lowest BCUT2D eigenvalue weighted by Crippen LogP contribution is -2.27. The predicted octanol–water partition coefficient (Wildman–Crippen LogP) is 6.03. The van der Waals surface area contributed by atoms with Crippen LogP contribution < -0.4 is 5.56 Å². The molecule has 9 heteroatoms. The fourth-order valence-corrected chi connectivity index (χ4v) is 5.19. The second-order valence-corrected chi connectivity index (χ2v) is 9.95. The molecule has 192 valence electrons. The number of carbonyl (C=O) groups excluding carboxylic acids is 1. The Morgan fingerprint density at radius 3 is 2.50 bits per heavy atom. The number of fused-ring (bicyclic) bond motifs is 1. The zero-order valence-corrected chi connectivity index (χ0v) is 21.7. The summed E-state index contributed by atoms with van der Waals surface area (Å²) in [5.74, 6) is -1.93. The number of aromatic nitrogens is 1. The molecule has 38 heavy (non-hydrogen) atoms. The molecule has 1 unspecified atom stereocenters. The summed E-state index contributed by atoms with van der Waals surface area (Å²) >= 11 is 3.52. The van der Waals surface area contributed by atoms with Gasteiger partial charge in [-0.25, -0.2) is 9.40 Å². The normalized spacial score (nSPS) is 15.1. The molecule has 1 aliphatic heterocycles. The number of H-pyrrole nitrogens is 1. The molecule has 1 aliphatic rings. The van der Waals surface area contributed by atoms with E-state index in [-0.39, 0.29) is 36.8 Å². The van der Waals surface area contributed by atoms with Crippen LogP contribution in [0.15, 0.2) is 87.2 Å². The number of nitrogens with one attached hydrogen (secondary N) is 1. The van der Waals surface area contributed by atoms with E-state index in [1.165, 1.54) is 11.1 Å². The van der Waals surface area contributed by atoms with Crippen LogP contribution in [0.3, 0.4) is 0 Å². The SMILES string of the molecule is O=C(O)CCCC(=O)N1N=C(c2c(-c3ccccc3)c3cc(Br)ccc3[nH]c2=O)CC1c1ccccc1F. The Morgan fingerprint density at radius 2 is 1.76 bits per heavy atom. The number of benzene rings is 3. The predicted molar refractivity (Wildman–Crippen MR) is 146 cm³/mol. The van der Waals surface area contributed by atoms with Gasteiger partial charge in [-0.05, 0) is 36.2 Å². The number of carbonyl (C=O) groups is 2. The Kier molecular flexibility index (Phi) is 7.20. The lowest BCUT2D eigenvalue weighted by atomic mass is 9.91. The quantitative estimate of drug-likeness (QED) is 0.281. The molecule has 2 N–H and O–H groups in total. The molecule has 1 atom stereocenters. The van der Waals surface area contributed by atoms with Crippen LogP contribution in [0.5, 0.6) is 0 Å². The highest BCUT2D eigenvalue weighted by Gasteiger charge is 2.36. The lowest BCUT2D eigenvalue weighted by Gasteiger charge is -2.22. The van der Waals surface area contributed by atoms with Gasteiger partial charge in [0.1, 0.15) is 5.82 Å². The molecule has 7 nitrogen and oxygen atoms in total. The topological polar surface area (TPSA) is 103 Å². The first-order valence-electron chi connectivity index (χ1n) is 12.1. The van der Waals surface area contributed by atoms with Gasteiger partial charge in [0.05, 0.1) is 17.3 Å². The maximum atomic E-state index is 14.9. The van der Waals surface area contributed by atoms with Gasteiger partial charge < -0.3 is 10.1 Å². The van der Waals surface area contributed by atoms with E-state index in [2.05, 4.69) is 26.0 Å². The van der Waals surface area contributed by atoms with E-state index in [9.17, 15) is 18.8 Å². The molecule has 4 aromatic rings. The minimum absolute atomic E-state index is 0.0688. The highest BCUT2D eigenvalue weighted by molar-refractivity contribution is 9.10. The molecule has 0 aliphatic carbocycles. The van der Waals surface area contributed by atoms with Gasteiger partial charge in [-0.1, -0.05) is 64.5 Å². The highest BCUT2D eigenvalue weighted by Crippen LogP contribution is 2.38. The van der Waals surface area contributed by atoms with Gasteiger partial charge in [0.15, 0.2) is 0 Å². The van der Waals surface area contributed by atoms with Crippen LogP contribution in [-0.2, 0) is 9.59 Å². The fourth-order valence-electron chi connectivity index (χ4n) is 4.83. The van der Waals surface area contributed by atoms with Crippen LogP contribution >= 0.6 is 15.9 Å². The number of carboxylic acids is 1. The van der Waals surface area contributed by atoms with Gasteiger partial charge in [0.25, 0.3) is 5.56 Å². The number of pyridine rings is 1. The third-order valence-electron chi connectivity index (χ3n) is 6.54. The van der Waals surface area contributed by atoms with Crippen molar-refractivity contribution in [1.29, 1.82) is 0 Å². The first-order chi connectivity index (χ1) is 18.3. The van der Waals surface area contributed by atoms with Crippen molar-refractivity contribution in [3.05, 3.63) is 105 Å². The van der Waals surface area contributed by atoms with E-state index in [0.717, 1.165) is 15.4 Å². The Morgan fingerprint density at radius 1 is 1.03 bits per heavy atom. The van der Waals surface area contributed by atoms with Crippen molar-refractivity contribution in [3.63, 3.8) is 0 Å². The number of halogens is 2. The number of aliphatic carboxylic acids is 1. The molecule has 0 fully saturated rings. The molecule has 0 saturated carbocycles. The fraction of sp³-hybridized carbons (Fsp3) is 0.172. The van der Waals surface area contributed by atoms with E-state index < -0.39 is 23.7 Å². The summed E-state index contributed by atoms with van der Waals surface area (Å²) in [7, 11) is 0. The van der Waals surface area contributed by atoms with Gasteiger partial charge >= 0.3 is 5.97 Å². The summed E-state index contributed by atoms with van der Waals surface area (Å²) in [5, 5.41) is 15.6. The Labute approximate surface area is 225 Å². The monoisotopic (exact) mass is 575 g/mol. The first kappa shape index (κ1) is 25.5. The first-order valence-corrected chi connectivity index (χ1v) is 12.9. The lowest BCUT2D eigenvalue weighted by molar-refractivity contribution is -0.137. The van der Waals surface area contributed by atoms with Crippen molar-refractivity contribution in [2.24, 2.45) is 5.10 Å². The second-order valence-electron chi connectivity index (χ2n) is 9.03. The number of hydrogen-bond donors (Lipinski definition) is 2. The third kappa shape index (κ3) is 5.02. The second kappa shape index (κ2) is 10.7. The van der Waals surface area contributed by atoms with Crippen LogP contribution in [0, 0.1) is 5.82 Å². The van der Waals surface area contributed by atoms with E-state index in [0.29, 0.717) is 22.4 Å². The van der Waals surface area contributed by atoms with Crippen molar-refractivity contribution >= 4 is 44.4 Å². The zero-order chi connectivity index (χ0) is 26.8. The summed E-state index contributed by atoms with van der Waals surface area (Å²) in [6, 6.07) is 20.4. The summed E-state index contributed by atoms with van der Waals surface area (Å²) < 4.78 is 15.7. The minimum Gasteiger partial charge on any atom is -0.481 e.